The van der Waals surface area contributed by atoms with E-state index in [-0.39, 0.29) is 5.78 Å². The van der Waals surface area contributed by atoms with Gasteiger partial charge in [-0.25, -0.2) is 0 Å². The van der Waals surface area contributed by atoms with Gasteiger partial charge in [0.25, 0.3) is 0 Å². The molecule has 0 aliphatic rings. The summed E-state index contributed by atoms with van der Waals surface area (Å²) in [7, 11) is 0. The minimum atomic E-state index is 0.109. The monoisotopic (exact) mass is 218 g/mol. The van der Waals surface area contributed by atoms with Crippen LogP contribution >= 0.6 is 11.3 Å². The van der Waals surface area contributed by atoms with Gasteiger partial charge in [0.05, 0.1) is 11.1 Å². The second kappa shape index (κ2) is 4.28. The van der Waals surface area contributed by atoms with E-state index in [1.807, 2.05) is 36.4 Å². The normalized spacial score (nSPS) is 11.0. The van der Waals surface area contributed by atoms with Crippen LogP contribution in [0.25, 0.3) is 12.2 Å². The van der Waals surface area contributed by atoms with Crippen LogP contribution in [0.2, 0.25) is 0 Å². The van der Waals surface area contributed by atoms with Crippen molar-refractivity contribution in [3.8, 4) is 0 Å². The van der Waals surface area contributed by atoms with E-state index in [0.29, 0.717) is 0 Å². The maximum Gasteiger partial charge on any atom is 0.169 e. The van der Waals surface area contributed by atoms with Crippen LogP contribution < -0.4 is 0 Å². The van der Waals surface area contributed by atoms with E-state index < -0.39 is 0 Å². The van der Waals surface area contributed by atoms with E-state index in [4.69, 9.17) is 4.42 Å². The Balaban J connectivity index is 2.14. The summed E-state index contributed by atoms with van der Waals surface area (Å²) in [5, 5.41) is 0. The Morgan fingerprint density at radius 3 is 2.80 bits per heavy atom. The fraction of sp³-hybridized carbons (Fsp3) is 0.0833. The number of Topliss-reactive ketones (excluding diaryl/α,β-unsaturated/α-hetero) is 1. The van der Waals surface area contributed by atoms with E-state index in [0.717, 1.165) is 15.5 Å². The minimum absolute atomic E-state index is 0.109. The lowest BCUT2D eigenvalue weighted by atomic mass is 10.3. The van der Waals surface area contributed by atoms with E-state index in [2.05, 4.69) is 0 Å². The summed E-state index contributed by atoms with van der Waals surface area (Å²) in [5.41, 5.74) is 0. The average molecular weight is 218 g/mol. The summed E-state index contributed by atoms with van der Waals surface area (Å²) in [4.78, 5) is 12.9. The molecule has 76 valence electrons. The van der Waals surface area contributed by atoms with Gasteiger partial charge in [0, 0.05) is 4.88 Å². The molecule has 0 aliphatic carbocycles. The van der Waals surface area contributed by atoms with Crippen LogP contribution in [-0.2, 0) is 0 Å². The van der Waals surface area contributed by atoms with Crippen LogP contribution in [0.15, 0.2) is 34.9 Å². The molecule has 0 amide bonds. The van der Waals surface area contributed by atoms with Crippen molar-refractivity contribution >= 4 is 29.3 Å². The molecular formula is C12H10O2S. The molecule has 0 radical (unpaired) electrons. The van der Waals surface area contributed by atoms with Crippen molar-refractivity contribution in [1.82, 2.24) is 0 Å². The fourth-order valence-corrected chi connectivity index (χ4v) is 1.99. The molecule has 0 N–H and O–H groups in total. The van der Waals surface area contributed by atoms with Crippen LogP contribution in [0.3, 0.4) is 0 Å². The maximum absolute atomic E-state index is 11.1. The summed E-state index contributed by atoms with van der Waals surface area (Å²) >= 11 is 1.48. The van der Waals surface area contributed by atoms with Crippen LogP contribution in [0.1, 0.15) is 27.2 Å². The Morgan fingerprint density at radius 2 is 2.20 bits per heavy atom. The summed E-state index contributed by atoms with van der Waals surface area (Å²) in [6.45, 7) is 1.58. The summed E-state index contributed by atoms with van der Waals surface area (Å²) in [5.74, 6) is 0.922. The van der Waals surface area contributed by atoms with E-state index in [9.17, 15) is 4.79 Å². The van der Waals surface area contributed by atoms with Crippen LogP contribution in [0.4, 0.5) is 0 Å². The molecule has 2 aromatic heterocycles. The molecule has 0 unspecified atom stereocenters. The predicted octanol–water partition coefficient (Wildman–Crippen LogP) is 3.71. The van der Waals surface area contributed by atoms with Gasteiger partial charge in [-0.1, -0.05) is 0 Å². The average Bonchev–Trinajstić information content (AvgIpc) is 2.86. The molecule has 2 rings (SSSR count). The number of hydrogen-bond donors (Lipinski definition) is 0. The maximum atomic E-state index is 11.1. The molecule has 0 saturated carbocycles. The summed E-state index contributed by atoms with van der Waals surface area (Å²) < 4.78 is 5.16. The van der Waals surface area contributed by atoms with Gasteiger partial charge in [-0.3, -0.25) is 4.79 Å². The number of thiophene rings is 1. The zero-order valence-electron chi connectivity index (χ0n) is 8.27. The highest BCUT2D eigenvalue weighted by atomic mass is 32.1. The Kier molecular flexibility index (Phi) is 2.83. The number of carbonyl (C=O) groups excluding carboxylic acids is 1. The second-order valence-corrected chi connectivity index (χ2v) is 4.22. The molecule has 0 bridgehead atoms. The predicted molar refractivity (Wildman–Crippen MR) is 62.0 cm³/mol. The molecule has 15 heavy (non-hydrogen) atoms. The molecule has 2 aromatic rings. The van der Waals surface area contributed by atoms with Gasteiger partial charge in [0.15, 0.2) is 5.78 Å². The number of rotatable bonds is 3. The van der Waals surface area contributed by atoms with Crippen molar-refractivity contribution in [2.75, 3.05) is 0 Å². The van der Waals surface area contributed by atoms with E-state index in [1.165, 1.54) is 11.3 Å². The summed E-state index contributed by atoms with van der Waals surface area (Å²) in [6, 6.07) is 7.50. The zero-order chi connectivity index (χ0) is 10.7. The largest absolute Gasteiger partial charge is 0.465 e. The second-order valence-electron chi connectivity index (χ2n) is 3.11. The van der Waals surface area contributed by atoms with Crippen molar-refractivity contribution in [3.05, 3.63) is 46.0 Å². The van der Waals surface area contributed by atoms with Crippen molar-refractivity contribution < 1.29 is 9.21 Å². The first-order chi connectivity index (χ1) is 7.25. The first kappa shape index (κ1) is 9.93. The lowest BCUT2D eigenvalue weighted by molar-refractivity contribution is 0.102. The van der Waals surface area contributed by atoms with Crippen molar-refractivity contribution in [2.24, 2.45) is 0 Å². The minimum Gasteiger partial charge on any atom is -0.465 e. The Morgan fingerprint density at radius 1 is 1.33 bits per heavy atom. The molecule has 0 aliphatic heterocycles. The van der Waals surface area contributed by atoms with Gasteiger partial charge in [0.1, 0.15) is 5.76 Å². The van der Waals surface area contributed by atoms with Crippen LogP contribution in [0.5, 0.6) is 0 Å². The lowest BCUT2D eigenvalue weighted by Gasteiger charge is -1.85. The Bertz CT molecular complexity index is 477. The molecule has 2 nitrogen and oxygen atoms in total. The first-order valence-corrected chi connectivity index (χ1v) is 5.40. The van der Waals surface area contributed by atoms with Gasteiger partial charge in [-0.15, -0.1) is 11.3 Å². The molecule has 0 atom stereocenters. The van der Waals surface area contributed by atoms with Crippen molar-refractivity contribution in [3.63, 3.8) is 0 Å². The Labute approximate surface area is 91.9 Å². The summed E-state index contributed by atoms with van der Waals surface area (Å²) in [6.07, 6.45) is 5.46. The highest BCUT2D eigenvalue weighted by Gasteiger charge is 2.01. The molecule has 2 heterocycles. The van der Waals surface area contributed by atoms with Crippen molar-refractivity contribution in [1.29, 1.82) is 0 Å². The third-order valence-corrected chi connectivity index (χ3v) is 3.08. The van der Waals surface area contributed by atoms with Crippen LogP contribution in [-0.4, -0.2) is 5.78 Å². The Hall–Kier alpha value is -1.61. The molecule has 0 fully saturated rings. The standard InChI is InChI=1S/C12H10O2S/c1-9(13)12-7-6-11(15-12)5-4-10-3-2-8-14-10/h2-8H,1H3/b5-4+. The number of carbonyl (C=O) groups is 1. The molecule has 3 heteroatoms. The van der Waals surface area contributed by atoms with Crippen molar-refractivity contribution in [2.45, 2.75) is 6.92 Å². The van der Waals surface area contributed by atoms with Gasteiger partial charge >= 0.3 is 0 Å². The van der Waals surface area contributed by atoms with Gasteiger partial charge < -0.3 is 4.42 Å². The lowest BCUT2D eigenvalue weighted by Crippen LogP contribution is -1.83. The quantitative estimate of drug-likeness (QED) is 0.735. The molecule has 0 saturated heterocycles. The SMILES string of the molecule is CC(=O)c1ccc(/C=C/c2ccco2)s1. The highest BCUT2D eigenvalue weighted by molar-refractivity contribution is 7.14. The number of hydrogen-bond acceptors (Lipinski definition) is 3. The molecular weight excluding hydrogens is 208 g/mol. The number of furan rings is 1. The third kappa shape index (κ3) is 2.44. The van der Waals surface area contributed by atoms with Gasteiger partial charge in [-0.2, -0.15) is 0 Å². The fourth-order valence-electron chi connectivity index (χ4n) is 1.18. The van der Waals surface area contributed by atoms with Crippen LogP contribution in [0, 0.1) is 0 Å². The molecule has 0 aromatic carbocycles. The van der Waals surface area contributed by atoms with E-state index in [1.54, 1.807) is 13.2 Å². The molecule has 0 spiro atoms. The topological polar surface area (TPSA) is 30.2 Å². The third-order valence-electron chi connectivity index (χ3n) is 1.93. The first-order valence-electron chi connectivity index (χ1n) is 4.58. The van der Waals surface area contributed by atoms with E-state index >= 15 is 0 Å². The zero-order valence-corrected chi connectivity index (χ0v) is 9.08. The highest BCUT2D eigenvalue weighted by Crippen LogP contribution is 2.19. The smallest absolute Gasteiger partial charge is 0.169 e. The van der Waals surface area contributed by atoms with Gasteiger partial charge in [-0.05, 0) is 43.3 Å². The van der Waals surface area contributed by atoms with Gasteiger partial charge in [0.2, 0.25) is 0 Å². The number of ketones is 1.